The molecule has 2 heterocycles. The van der Waals surface area contributed by atoms with Crippen LogP contribution in [0.15, 0.2) is 66.8 Å². The van der Waals surface area contributed by atoms with Gasteiger partial charge in [0.2, 0.25) is 0 Å². The van der Waals surface area contributed by atoms with Crippen molar-refractivity contribution in [3.8, 4) is 11.5 Å². The van der Waals surface area contributed by atoms with Crippen LogP contribution >= 0.6 is 11.6 Å². The van der Waals surface area contributed by atoms with Gasteiger partial charge >= 0.3 is 0 Å². The number of imidazole rings is 1. The van der Waals surface area contributed by atoms with Gasteiger partial charge in [0.1, 0.15) is 17.3 Å². The molecule has 1 aromatic heterocycles. The second kappa shape index (κ2) is 10.0. The Morgan fingerprint density at radius 1 is 1.09 bits per heavy atom. The zero-order valence-electron chi connectivity index (χ0n) is 18.8. The number of benzene rings is 2. The summed E-state index contributed by atoms with van der Waals surface area (Å²) in [5, 5.41) is 11.5. The summed E-state index contributed by atoms with van der Waals surface area (Å²) in [5.74, 6) is -0.811. The number of hydrogen-bond donors (Lipinski definition) is 1. The van der Waals surface area contributed by atoms with Crippen molar-refractivity contribution >= 4 is 29.1 Å². The van der Waals surface area contributed by atoms with E-state index in [2.05, 4.69) is 4.98 Å². The summed E-state index contributed by atoms with van der Waals surface area (Å²) in [7, 11) is 3.01. The number of carbonyl (C=O) groups is 2. The van der Waals surface area contributed by atoms with Crippen molar-refractivity contribution in [3.05, 3.63) is 82.9 Å². The molecule has 8 nitrogen and oxygen atoms in total. The first-order valence-corrected chi connectivity index (χ1v) is 11.0. The number of halogens is 1. The molecule has 1 aliphatic heterocycles. The van der Waals surface area contributed by atoms with Gasteiger partial charge in [0.05, 0.1) is 37.2 Å². The minimum atomic E-state index is -0.820. The molecule has 1 unspecified atom stereocenters. The Hall–Kier alpha value is -3.78. The maximum absolute atomic E-state index is 13.2. The average Bonchev–Trinajstić information content (AvgIpc) is 3.45. The van der Waals surface area contributed by atoms with E-state index >= 15 is 0 Å². The van der Waals surface area contributed by atoms with E-state index in [1.807, 2.05) is 10.8 Å². The molecular weight excluding hydrogens is 458 g/mol. The molecule has 34 heavy (non-hydrogen) atoms. The van der Waals surface area contributed by atoms with E-state index in [0.29, 0.717) is 42.1 Å². The first-order valence-electron chi connectivity index (χ1n) is 10.7. The SMILES string of the molecule is COc1ccc(/C(O)=C2/C(=O)C(=O)N(CCCn3ccnc3)C2c2ccccc2OC)cc1Cl. The highest BCUT2D eigenvalue weighted by Crippen LogP contribution is 2.43. The molecule has 0 aliphatic carbocycles. The molecule has 3 aromatic rings. The van der Waals surface area contributed by atoms with Crippen LogP contribution in [0, 0.1) is 0 Å². The normalized spacial score (nSPS) is 17.3. The number of amides is 1. The number of ether oxygens (including phenoxy) is 2. The van der Waals surface area contributed by atoms with Crippen LogP contribution < -0.4 is 9.47 Å². The standard InChI is InChI=1S/C25H24ClN3O5/c1-33-19-7-4-3-6-17(19)22-21(23(30)16-8-9-20(34-2)18(26)14-16)24(31)25(32)29(22)12-5-11-28-13-10-27-15-28/h3-4,6-10,13-15,22,30H,5,11-12H2,1-2H3/b23-21-. The number of likely N-dealkylation sites (tertiary alicyclic amines) is 1. The summed E-state index contributed by atoms with van der Waals surface area (Å²) in [4.78, 5) is 31.8. The van der Waals surface area contributed by atoms with Crippen molar-refractivity contribution in [2.45, 2.75) is 19.0 Å². The lowest BCUT2D eigenvalue weighted by molar-refractivity contribution is -0.140. The molecule has 0 saturated carbocycles. The van der Waals surface area contributed by atoms with Crippen LogP contribution in [0.3, 0.4) is 0 Å². The molecule has 1 atom stereocenters. The molecule has 1 aliphatic rings. The van der Waals surface area contributed by atoms with Crippen LogP contribution in [0.4, 0.5) is 0 Å². The highest BCUT2D eigenvalue weighted by Gasteiger charge is 2.46. The third-order valence-corrected chi connectivity index (χ3v) is 6.07. The number of carbonyl (C=O) groups excluding carboxylic acids is 2. The van der Waals surface area contributed by atoms with Gasteiger partial charge in [0, 0.05) is 36.6 Å². The second-order valence-corrected chi connectivity index (χ2v) is 8.15. The lowest BCUT2D eigenvalue weighted by atomic mass is 9.94. The molecular formula is C25H24ClN3O5. The zero-order chi connectivity index (χ0) is 24.2. The Morgan fingerprint density at radius 3 is 2.53 bits per heavy atom. The lowest BCUT2D eigenvalue weighted by Crippen LogP contribution is -2.31. The molecule has 2 aromatic carbocycles. The number of aliphatic hydroxyl groups excluding tert-OH is 1. The molecule has 1 saturated heterocycles. The van der Waals surface area contributed by atoms with Gasteiger partial charge in [-0.1, -0.05) is 29.8 Å². The fourth-order valence-corrected chi connectivity index (χ4v) is 4.40. The van der Waals surface area contributed by atoms with Crippen LogP contribution in [0.2, 0.25) is 5.02 Å². The van der Waals surface area contributed by atoms with E-state index in [-0.39, 0.29) is 16.4 Å². The number of hydrogen-bond acceptors (Lipinski definition) is 6. The topological polar surface area (TPSA) is 93.9 Å². The molecule has 1 amide bonds. The minimum absolute atomic E-state index is 0.0154. The Morgan fingerprint density at radius 2 is 1.85 bits per heavy atom. The number of aliphatic hydroxyl groups is 1. The van der Waals surface area contributed by atoms with E-state index in [9.17, 15) is 14.7 Å². The summed E-state index contributed by atoms with van der Waals surface area (Å²) >= 11 is 6.24. The molecule has 1 N–H and O–H groups in total. The van der Waals surface area contributed by atoms with Crippen molar-refractivity contribution in [1.29, 1.82) is 0 Å². The largest absolute Gasteiger partial charge is 0.507 e. The fraction of sp³-hybridized carbons (Fsp3) is 0.240. The molecule has 1 fully saturated rings. The van der Waals surface area contributed by atoms with Gasteiger partial charge in [0.25, 0.3) is 11.7 Å². The van der Waals surface area contributed by atoms with Crippen LogP contribution in [0.5, 0.6) is 11.5 Å². The van der Waals surface area contributed by atoms with Gasteiger partial charge in [-0.15, -0.1) is 0 Å². The van der Waals surface area contributed by atoms with Crippen molar-refractivity contribution in [2.24, 2.45) is 0 Å². The summed E-state index contributed by atoms with van der Waals surface area (Å²) in [6.07, 6.45) is 5.79. The minimum Gasteiger partial charge on any atom is -0.507 e. The van der Waals surface area contributed by atoms with Gasteiger partial charge in [-0.25, -0.2) is 4.98 Å². The van der Waals surface area contributed by atoms with E-state index < -0.39 is 17.7 Å². The molecule has 0 bridgehead atoms. The quantitative estimate of drug-likeness (QED) is 0.296. The van der Waals surface area contributed by atoms with Crippen molar-refractivity contribution in [3.63, 3.8) is 0 Å². The highest BCUT2D eigenvalue weighted by atomic mass is 35.5. The predicted molar refractivity (Wildman–Crippen MR) is 127 cm³/mol. The van der Waals surface area contributed by atoms with E-state index in [0.717, 1.165) is 0 Å². The number of nitrogens with zero attached hydrogens (tertiary/aromatic N) is 3. The third-order valence-electron chi connectivity index (χ3n) is 5.77. The number of para-hydroxylation sites is 1. The number of rotatable bonds is 8. The van der Waals surface area contributed by atoms with Gasteiger partial charge in [-0.2, -0.15) is 0 Å². The molecule has 9 heteroatoms. The van der Waals surface area contributed by atoms with Gasteiger partial charge in [-0.3, -0.25) is 9.59 Å². The van der Waals surface area contributed by atoms with Crippen molar-refractivity contribution < 1.29 is 24.2 Å². The summed E-state index contributed by atoms with van der Waals surface area (Å²) in [6, 6.07) is 11.0. The Balaban J connectivity index is 1.78. The average molecular weight is 482 g/mol. The Bertz CT molecular complexity index is 1240. The van der Waals surface area contributed by atoms with Gasteiger partial charge in [-0.05, 0) is 30.7 Å². The monoisotopic (exact) mass is 481 g/mol. The van der Waals surface area contributed by atoms with Crippen LogP contribution in [-0.4, -0.2) is 52.0 Å². The van der Waals surface area contributed by atoms with Crippen LogP contribution in [0.1, 0.15) is 23.6 Å². The Kier molecular flexibility index (Phi) is 6.88. The van der Waals surface area contributed by atoms with Gasteiger partial charge in [0.15, 0.2) is 0 Å². The second-order valence-electron chi connectivity index (χ2n) is 7.74. The highest BCUT2D eigenvalue weighted by molar-refractivity contribution is 6.46. The number of aromatic nitrogens is 2. The van der Waals surface area contributed by atoms with Crippen molar-refractivity contribution in [1.82, 2.24) is 14.5 Å². The fourth-order valence-electron chi connectivity index (χ4n) is 4.14. The smallest absolute Gasteiger partial charge is 0.295 e. The lowest BCUT2D eigenvalue weighted by Gasteiger charge is -2.26. The molecule has 4 rings (SSSR count). The number of Topliss-reactive ketones (excluding diaryl/α,β-unsaturated/α-hetero) is 1. The summed E-state index contributed by atoms with van der Waals surface area (Å²) in [5.41, 5.74) is 0.897. The zero-order valence-corrected chi connectivity index (χ0v) is 19.5. The third kappa shape index (κ3) is 4.36. The van der Waals surface area contributed by atoms with E-state index in [4.69, 9.17) is 21.1 Å². The number of ketones is 1. The van der Waals surface area contributed by atoms with E-state index in [1.165, 1.54) is 25.2 Å². The maximum atomic E-state index is 13.2. The molecule has 176 valence electrons. The van der Waals surface area contributed by atoms with Crippen LogP contribution in [-0.2, 0) is 16.1 Å². The number of aryl methyl sites for hydroxylation is 1. The van der Waals surface area contributed by atoms with E-state index in [1.54, 1.807) is 48.9 Å². The maximum Gasteiger partial charge on any atom is 0.295 e. The molecule has 0 radical (unpaired) electrons. The van der Waals surface area contributed by atoms with Gasteiger partial charge < -0.3 is 24.0 Å². The summed E-state index contributed by atoms with van der Waals surface area (Å²) < 4.78 is 12.6. The predicted octanol–water partition coefficient (Wildman–Crippen LogP) is 4.07. The Labute approximate surface area is 202 Å². The number of methoxy groups -OCH3 is 2. The molecule has 0 spiro atoms. The van der Waals surface area contributed by atoms with Crippen molar-refractivity contribution in [2.75, 3.05) is 20.8 Å². The van der Waals surface area contributed by atoms with Crippen LogP contribution in [0.25, 0.3) is 5.76 Å². The summed E-state index contributed by atoms with van der Waals surface area (Å²) in [6.45, 7) is 0.918. The first-order chi connectivity index (χ1) is 16.5. The first kappa shape index (κ1) is 23.4.